The van der Waals surface area contributed by atoms with Gasteiger partial charge in [-0.15, -0.1) is 0 Å². The molecule has 1 N–H and O–H groups in total. The second-order valence-corrected chi connectivity index (χ2v) is 18.2. The van der Waals surface area contributed by atoms with Crippen molar-refractivity contribution in [2.75, 3.05) is 5.32 Å². The van der Waals surface area contributed by atoms with Gasteiger partial charge in [-0.25, -0.2) is 0 Å². The highest BCUT2D eigenvalue weighted by molar-refractivity contribution is 6.99. The summed E-state index contributed by atoms with van der Waals surface area (Å²) in [5.74, 6) is 1.30. The normalized spacial score (nSPS) is 18.0. The van der Waals surface area contributed by atoms with Crippen molar-refractivity contribution in [2.24, 2.45) is 0 Å². The van der Waals surface area contributed by atoms with Crippen LogP contribution in [0, 0.1) is 6.92 Å². The van der Waals surface area contributed by atoms with Gasteiger partial charge < -0.3 is 14.3 Å². The summed E-state index contributed by atoms with van der Waals surface area (Å²) >= 11 is 0. The van der Waals surface area contributed by atoms with Gasteiger partial charge in [-0.2, -0.15) is 5.10 Å². The number of nitrogens with one attached hydrogen (secondary N) is 1. The third-order valence-electron chi connectivity index (χ3n) is 8.50. The first-order valence-electron chi connectivity index (χ1n) is 15.5. The van der Waals surface area contributed by atoms with E-state index in [1.54, 1.807) is 6.07 Å². The summed E-state index contributed by atoms with van der Waals surface area (Å²) in [6, 6.07) is 25.6. The van der Waals surface area contributed by atoms with Crippen molar-refractivity contribution in [3.63, 3.8) is 0 Å². The van der Waals surface area contributed by atoms with Gasteiger partial charge in [0.05, 0.1) is 17.7 Å². The number of anilines is 1. The van der Waals surface area contributed by atoms with Crippen LogP contribution in [0.1, 0.15) is 90.3 Å². The van der Waals surface area contributed by atoms with Crippen molar-refractivity contribution in [3.05, 3.63) is 89.9 Å². The molecule has 0 atom stereocenters. The van der Waals surface area contributed by atoms with Crippen LogP contribution in [0.5, 0.6) is 0 Å². The minimum atomic E-state index is -2.60. The van der Waals surface area contributed by atoms with Crippen LogP contribution in [0.4, 0.5) is 5.82 Å². The highest BCUT2D eigenvalue weighted by Crippen LogP contribution is 2.42. The summed E-state index contributed by atoms with van der Waals surface area (Å²) in [5.41, 5.74) is 1.71. The van der Waals surface area contributed by atoms with E-state index >= 15 is 0 Å². The van der Waals surface area contributed by atoms with Gasteiger partial charge in [-0.1, -0.05) is 86.6 Å². The molecule has 1 saturated carbocycles. The molecule has 43 heavy (non-hydrogen) atoms. The van der Waals surface area contributed by atoms with E-state index < -0.39 is 8.32 Å². The maximum atomic E-state index is 12.8. The predicted molar refractivity (Wildman–Crippen MR) is 174 cm³/mol. The van der Waals surface area contributed by atoms with E-state index in [1.807, 2.05) is 6.92 Å². The number of carbonyl (C=O) groups excluding carboxylic acids is 1. The summed E-state index contributed by atoms with van der Waals surface area (Å²) in [6.07, 6.45) is 4.29. The van der Waals surface area contributed by atoms with Gasteiger partial charge >= 0.3 is 0 Å². The zero-order chi connectivity index (χ0) is 30.8. The summed E-state index contributed by atoms with van der Waals surface area (Å²) in [5, 5.41) is 14.3. The van der Waals surface area contributed by atoms with Gasteiger partial charge in [0, 0.05) is 29.8 Å². The number of benzene rings is 2. The van der Waals surface area contributed by atoms with E-state index in [1.165, 1.54) is 16.1 Å². The lowest BCUT2D eigenvalue weighted by Gasteiger charge is -2.46. The molecule has 2 aromatic carbocycles. The van der Waals surface area contributed by atoms with E-state index in [2.05, 4.69) is 123 Å². The standard InChI is InChI=1S/C35H46N4O3Si/c1-25-22-28(41-38-25)23-33(40)36-32-24-31(39(37-32)34(2,3)4)26-18-20-27(21-19-26)42-43(35(5,6)7,29-14-10-8-11-15-29)30-16-12-9-13-17-30/h8-17,22,24,26-27H,18-21,23H2,1-7H3,(H,36,37,40)/t26-,27+. The van der Waals surface area contributed by atoms with Gasteiger partial charge in [0.15, 0.2) is 5.82 Å². The number of aryl methyl sites for hydroxylation is 1. The molecule has 0 bridgehead atoms. The molecule has 0 radical (unpaired) electrons. The smallest absolute Gasteiger partial charge is 0.261 e. The summed E-state index contributed by atoms with van der Waals surface area (Å²) in [6.45, 7) is 15.3. The molecule has 5 rings (SSSR count). The fourth-order valence-electron chi connectivity index (χ4n) is 6.55. The lowest BCUT2D eigenvalue weighted by atomic mass is 9.85. The lowest BCUT2D eigenvalue weighted by Crippen LogP contribution is -2.67. The first kappa shape index (κ1) is 30.9. The quantitative estimate of drug-likeness (QED) is 0.228. The van der Waals surface area contributed by atoms with E-state index in [9.17, 15) is 4.79 Å². The molecular weight excluding hydrogens is 552 g/mol. The van der Waals surface area contributed by atoms with Crippen LogP contribution in [-0.2, 0) is 21.2 Å². The number of amides is 1. The fraction of sp³-hybridized carbons (Fsp3) is 0.457. The van der Waals surface area contributed by atoms with Crippen molar-refractivity contribution >= 4 is 30.4 Å². The van der Waals surface area contributed by atoms with Crippen molar-refractivity contribution in [1.82, 2.24) is 14.9 Å². The Hall–Kier alpha value is -3.49. The maximum Gasteiger partial charge on any atom is 0.261 e. The molecule has 0 unspecified atom stereocenters. The highest BCUT2D eigenvalue weighted by Gasteiger charge is 2.51. The molecule has 1 aliphatic carbocycles. The molecule has 7 nitrogen and oxygen atoms in total. The lowest BCUT2D eigenvalue weighted by molar-refractivity contribution is -0.115. The first-order chi connectivity index (χ1) is 20.4. The Morgan fingerprint density at radius 1 is 0.930 bits per heavy atom. The zero-order valence-corrected chi connectivity index (χ0v) is 27.7. The minimum Gasteiger partial charge on any atom is -0.404 e. The average molecular weight is 599 g/mol. The molecular formula is C35H46N4O3Si. The Labute approximate surface area is 257 Å². The number of nitrogens with zero attached hydrogens (tertiary/aromatic N) is 3. The van der Waals surface area contributed by atoms with Crippen LogP contribution in [0.2, 0.25) is 5.04 Å². The second kappa shape index (κ2) is 12.2. The SMILES string of the molecule is Cc1cc(CC(=O)Nc2cc([C@H]3CC[C@@H](O[Si](c4ccccc4)(c4ccccc4)C(C)(C)C)CC3)n(C(C)(C)C)n2)on1. The van der Waals surface area contributed by atoms with Crippen molar-refractivity contribution < 1.29 is 13.7 Å². The van der Waals surface area contributed by atoms with Crippen LogP contribution in [0.3, 0.4) is 0 Å². The Bertz CT molecular complexity index is 1470. The largest absolute Gasteiger partial charge is 0.404 e. The average Bonchev–Trinajstić information content (AvgIpc) is 3.58. The van der Waals surface area contributed by atoms with Gasteiger partial charge in [-0.05, 0) is 68.8 Å². The van der Waals surface area contributed by atoms with Crippen LogP contribution in [0.15, 0.2) is 77.3 Å². The van der Waals surface area contributed by atoms with Crippen LogP contribution >= 0.6 is 0 Å². The number of hydrogen-bond donors (Lipinski definition) is 1. The summed E-state index contributed by atoms with van der Waals surface area (Å²) < 4.78 is 14.8. The van der Waals surface area contributed by atoms with Crippen molar-refractivity contribution in [2.45, 2.75) is 103 Å². The summed E-state index contributed by atoms with van der Waals surface area (Å²) in [7, 11) is -2.60. The Kier molecular flexibility index (Phi) is 8.81. The number of aromatic nitrogens is 3. The minimum absolute atomic E-state index is 0.0467. The first-order valence-corrected chi connectivity index (χ1v) is 17.4. The highest BCUT2D eigenvalue weighted by atomic mass is 28.4. The van der Waals surface area contributed by atoms with Gasteiger partial charge in [0.25, 0.3) is 8.32 Å². The Balaban J connectivity index is 1.35. The third kappa shape index (κ3) is 6.70. The summed E-state index contributed by atoms with van der Waals surface area (Å²) in [4.78, 5) is 12.8. The topological polar surface area (TPSA) is 82.2 Å². The Morgan fingerprint density at radius 3 is 2.00 bits per heavy atom. The molecule has 8 heteroatoms. The second-order valence-electron chi connectivity index (χ2n) is 14.0. The molecule has 0 aliphatic heterocycles. The molecule has 0 saturated heterocycles. The van der Waals surface area contributed by atoms with Crippen LogP contribution in [0.25, 0.3) is 0 Å². The molecule has 228 valence electrons. The monoisotopic (exact) mass is 598 g/mol. The Morgan fingerprint density at radius 2 is 1.51 bits per heavy atom. The van der Waals surface area contributed by atoms with Crippen LogP contribution < -0.4 is 15.7 Å². The van der Waals surface area contributed by atoms with Crippen molar-refractivity contribution in [3.8, 4) is 0 Å². The molecule has 1 amide bonds. The molecule has 0 spiro atoms. The predicted octanol–water partition coefficient (Wildman–Crippen LogP) is 6.72. The van der Waals surface area contributed by atoms with Gasteiger partial charge in [-0.3, -0.25) is 9.48 Å². The fourth-order valence-corrected chi connectivity index (χ4v) is 11.3. The van der Waals surface area contributed by atoms with Gasteiger partial charge in [0.2, 0.25) is 5.91 Å². The molecule has 2 aromatic heterocycles. The van der Waals surface area contributed by atoms with E-state index in [0.717, 1.165) is 31.4 Å². The molecule has 1 fully saturated rings. The number of hydrogen-bond acceptors (Lipinski definition) is 5. The van der Waals surface area contributed by atoms with Gasteiger partial charge in [0.1, 0.15) is 5.76 Å². The maximum absolute atomic E-state index is 12.8. The van der Waals surface area contributed by atoms with E-state index in [-0.39, 0.29) is 29.0 Å². The molecule has 2 heterocycles. The molecule has 4 aromatic rings. The zero-order valence-electron chi connectivity index (χ0n) is 26.7. The molecule has 1 aliphatic rings. The van der Waals surface area contributed by atoms with Crippen molar-refractivity contribution in [1.29, 1.82) is 0 Å². The van der Waals surface area contributed by atoms with Crippen LogP contribution in [-0.4, -0.2) is 35.3 Å². The van der Waals surface area contributed by atoms with E-state index in [0.29, 0.717) is 17.5 Å². The number of carbonyl (C=O) groups is 1. The van der Waals surface area contributed by atoms with E-state index in [4.69, 9.17) is 14.0 Å². The third-order valence-corrected chi connectivity index (χ3v) is 13.6. The number of rotatable bonds is 8.